The van der Waals surface area contributed by atoms with Gasteiger partial charge in [0.05, 0.1) is 41.0 Å². The van der Waals surface area contributed by atoms with Crippen LogP contribution < -0.4 is 44.8 Å². The summed E-state index contributed by atoms with van der Waals surface area (Å²) in [6, 6.07) is 10.4. The van der Waals surface area contributed by atoms with E-state index < -0.39 is 5.97 Å². The number of hydrogen-bond acceptors (Lipinski definition) is 11. The Bertz CT molecular complexity index is 2330. The molecule has 4 unspecified atom stereocenters. The molecule has 0 radical (unpaired) electrons. The molecule has 14 nitrogen and oxygen atoms in total. The molecule has 5 aromatic heterocycles. The molecule has 6 fully saturated rings. The Morgan fingerprint density at radius 2 is 1.25 bits per heavy atom. The number of nitrogens with zero attached hydrogens (tertiary/aromatic N) is 9. The molecule has 286 valence electrons. The summed E-state index contributed by atoms with van der Waals surface area (Å²) in [4.78, 5) is 42.3. The molecule has 5 aromatic rings. The molecule has 0 bridgehead atoms. The Morgan fingerprint density at radius 1 is 0.719 bits per heavy atom. The molecular formula is C42H44LiN11O3. The molecular weight excluding hydrogens is 713 g/mol. The van der Waals surface area contributed by atoms with E-state index in [0.717, 1.165) is 117 Å². The van der Waals surface area contributed by atoms with Gasteiger partial charge in [0.15, 0.2) is 0 Å². The van der Waals surface area contributed by atoms with Gasteiger partial charge in [-0.15, -0.1) is 0 Å². The van der Waals surface area contributed by atoms with E-state index in [1.807, 2.05) is 29.3 Å². The summed E-state index contributed by atoms with van der Waals surface area (Å²) in [5.74, 6) is 4.95. The average molecular weight is 758 g/mol. The predicted molar refractivity (Wildman–Crippen MR) is 205 cm³/mol. The summed E-state index contributed by atoms with van der Waals surface area (Å²) in [7, 11) is 0. The Labute approximate surface area is 342 Å². The van der Waals surface area contributed by atoms with Crippen molar-refractivity contribution < 1.29 is 33.6 Å². The van der Waals surface area contributed by atoms with Crippen molar-refractivity contribution in [1.82, 2.24) is 39.8 Å². The summed E-state index contributed by atoms with van der Waals surface area (Å²) in [6.45, 7) is 4.56. The fourth-order valence-corrected chi connectivity index (χ4v) is 9.70. The van der Waals surface area contributed by atoms with Gasteiger partial charge in [-0.2, -0.15) is 10.2 Å². The van der Waals surface area contributed by atoms with Crippen molar-refractivity contribution in [3.8, 4) is 0 Å². The van der Waals surface area contributed by atoms with E-state index in [9.17, 15) is 14.7 Å². The number of aromatic nitrogens is 7. The third-order valence-corrected chi connectivity index (χ3v) is 13.7. The van der Waals surface area contributed by atoms with Crippen LogP contribution in [0.25, 0.3) is 0 Å². The maximum atomic E-state index is 13.0. The number of aromatic carboxylic acids is 1. The number of amides is 1. The van der Waals surface area contributed by atoms with Gasteiger partial charge in [0.1, 0.15) is 17.5 Å². The molecule has 0 aromatic carbocycles. The monoisotopic (exact) mass is 757 g/mol. The van der Waals surface area contributed by atoms with Crippen LogP contribution in [0.2, 0.25) is 0 Å². The van der Waals surface area contributed by atoms with Crippen LogP contribution in [0.4, 0.5) is 17.5 Å². The number of carbonyl (C=O) groups excluding carboxylic acids is 2. The fraction of sp³-hybridized carbons (Fsp3) is 0.452. The first kappa shape index (κ1) is 36.2. The number of nitrogens with one attached hydrogen (secondary N) is 1. The number of piperidine rings is 2. The molecule has 3 N–H and O–H groups in total. The Hall–Kier alpha value is -5.19. The van der Waals surface area contributed by atoms with Crippen LogP contribution in [0.15, 0.2) is 73.7 Å². The van der Waals surface area contributed by atoms with Crippen LogP contribution in [0.3, 0.4) is 0 Å². The van der Waals surface area contributed by atoms with Gasteiger partial charge in [0, 0.05) is 62.7 Å². The van der Waals surface area contributed by atoms with E-state index >= 15 is 0 Å². The Kier molecular flexibility index (Phi) is 8.53. The normalized spacial score (nSPS) is 25.9. The SMILES string of the molecule is Nc1nccc2c1CC[C@H]2NC(=O)c1cnn(C2(c3ccc(N4CC5CC5C4)nc3)CC2)c1.O=C([O-])c1cnn(C2(c3ccc(N4CC5CC5C4)nc3)CC2)c1.[Li+]. The van der Waals surface area contributed by atoms with Crippen LogP contribution in [0.1, 0.15) is 94.0 Å². The first-order valence-corrected chi connectivity index (χ1v) is 20.1. The van der Waals surface area contributed by atoms with E-state index in [0.29, 0.717) is 11.4 Å². The number of hydrogen-bond donors (Lipinski definition) is 2. The molecule has 4 saturated carbocycles. The maximum Gasteiger partial charge on any atom is 1.00 e. The molecule has 12 rings (SSSR count). The minimum atomic E-state index is -1.19. The number of rotatable bonds is 9. The number of carboxylic acid groups (broad SMARTS) is 1. The van der Waals surface area contributed by atoms with E-state index in [2.05, 4.69) is 59.5 Å². The van der Waals surface area contributed by atoms with E-state index in [1.165, 1.54) is 24.6 Å². The van der Waals surface area contributed by atoms with Gasteiger partial charge >= 0.3 is 18.9 Å². The second-order valence-electron chi connectivity index (χ2n) is 17.2. The second-order valence-corrected chi connectivity index (χ2v) is 17.2. The summed E-state index contributed by atoms with van der Waals surface area (Å²) in [6.07, 6.45) is 20.5. The van der Waals surface area contributed by atoms with Crippen molar-refractivity contribution in [2.75, 3.05) is 41.7 Å². The maximum absolute atomic E-state index is 13.0. The van der Waals surface area contributed by atoms with E-state index in [4.69, 9.17) is 10.7 Å². The molecule has 7 aliphatic rings. The molecule has 2 aliphatic heterocycles. The summed E-state index contributed by atoms with van der Waals surface area (Å²) in [5.41, 5.74) is 10.7. The molecule has 0 spiro atoms. The van der Waals surface area contributed by atoms with Gasteiger partial charge in [-0.1, -0.05) is 12.1 Å². The first-order chi connectivity index (χ1) is 27.3. The van der Waals surface area contributed by atoms with Crippen LogP contribution in [0.5, 0.6) is 0 Å². The van der Waals surface area contributed by atoms with Gasteiger partial charge in [-0.05, 0) is 115 Å². The van der Waals surface area contributed by atoms with Crippen molar-refractivity contribution in [3.63, 3.8) is 0 Å². The minimum Gasteiger partial charge on any atom is -0.545 e. The van der Waals surface area contributed by atoms with Crippen LogP contribution >= 0.6 is 0 Å². The molecule has 2 saturated heterocycles. The number of fused-ring (bicyclic) bond motifs is 3. The predicted octanol–water partition coefficient (Wildman–Crippen LogP) is 0.305. The zero-order chi connectivity index (χ0) is 37.8. The van der Waals surface area contributed by atoms with Crippen LogP contribution in [0, 0.1) is 23.7 Å². The molecule has 5 aliphatic carbocycles. The van der Waals surface area contributed by atoms with Gasteiger partial charge in [0.2, 0.25) is 0 Å². The summed E-state index contributed by atoms with van der Waals surface area (Å²) >= 11 is 0. The van der Waals surface area contributed by atoms with Crippen LogP contribution in [-0.2, 0) is 17.5 Å². The zero-order valence-electron chi connectivity index (χ0n) is 32.1. The van der Waals surface area contributed by atoms with Gasteiger partial charge < -0.3 is 30.8 Å². The van der Waals surface area contributed by atoms with Crippen LogP contribution in [-0.4, -0.2) is 72.6 Å². The van der Waals surface area contributed by atoms with Crippen molar-refractivity contribution in [2.24, 2.45) is 23.7 Å². The number of anilines is 3. The number of carbonyl (C=O) groups is 2. The van der Waals surface area contributed by atoms with E-state index in [-0.39, 0.29) is 47.5 Å². The molecule has 1 amide bonds. The van der Waals surface area contributed by atoms with Crippen molar-refractivity contribution in [3.05, 3.63) is 107 Å². The van der Waals surface area contributed by atoms with Crippen molar-refractivity contribution in [1.29, 1.82) is 0 Å². The first-order valence-electron chi connectivity index (χ1n) is 20.1. The van der Waals surface area contributed by atoms with Crippen molar-refractivity contribution >= 4 is 29.3 Å². The van der Waals surface area contributed by atoms with Crippen molar-refractivity contribution in [2.45, 2.75) is 68.5 Å². The minimum absolute atomic E-state index is 0. The molecule has 5 atom stereocenters. The number of nitrogens with two attached hydrogens (primary N) is 1. The topological polar surface area (TPSA) is 176 Å². The molecule has 15 heteroatoms. The van der Waals surface area contributed by atoms with E-state index in [1.54, 1.807) is 23.3 Å². The van der Waals surface area contributed by atoms with Gasteiger partial charge in [-0.25, -0.2) is 15.0 Å². The van der Waals surface area contributed by atoms with Gasteiger partial charge in [-0.3, -0.25) is 14.2 Å². The second kappa shape index (κ2) is 13.4. The van der Waals surface area contributed by atoms with Gasteiger partial charge in [0.25, 0.3) is 5.91 Å². The Morgan fingerprint density at radius 3 is 1.72 bits per heavy atom. The molecule has 57 heavy (non-hydrogen) atoms. The number of pyridine rings is 3. The molecule has 7 heterocycles. The smallest absolute Gasteiger partial charge is 0.545 e. The fourth-order valence-electron chi connectivity index (χ4n) is 9.70. The summed E-state index contributed by atoms with van der Waals surface area (Å²) < 4.78 is 3.70. The third kappa shape index (κ3) is 6.37. The number of carboxylic acids is 1. The number of nitrogen functional groups attached to an aromatic ring is 1. The Balaban J connectivity index is 0.000000145. The summed E-state index contributed by atoms with van der Waals surface area (Å²) in [5, 5.41) is 22.9. The third-order valence-electron chi connectivity index (χ3n) is 13.7. The standard InChI is InChI=1S/C25H27N7O.C17H18N4O2.Li/c26-23-20-2-3-21(19(20)5-8-27-23)30-24(33)17-10-29-32(14-17)25(6-7-25)18-1-4-22(28-11-18)31-12-15-9-16(15)13-31;22-16(23)13-6-19-21(10-13)17(3-4-17)14-1-2-15(18-7-14)20-8-11-5-12(11)9-20;/h1,4-5,8,10-11,14-16,21H,2-3,6-7,9,12-13H2,(H2,26,27)(H,30,33);1-2,6-7,10-12H,3-5,8-9H2,(H,22,23);/q;;+1/p-1/t15?,16?,21-;;/m1../s1. The average Bonchev–Trinajstić information content (AvgIpc) is 4.21. The zero-order valence-corrected chi connectivity index (χ0v) is 32.1. The largest absolute Gasteiger partial charge is 1.00 e. The quantitative estimate of drug-likeness (QED) is 0.198.